The summed E-state index contributed by atoms with van der Waals surface area (Å²) >= 11 is 0. The summed E-state index contributed by atoms with van der Waals surface area (Å²) in [5, 5.41) is 2.68. The molecule has 3 rings (SSSR count). The van der Waals surface area contributed by atoms with E-state index in [1.165, 1.54) is 7.11 Å². The summed E-state index contributed by atoms with van der Waals surface area (Å²) in [4.78, 5) is 24.6. The second-order valence-corrected chi connectivity index (χ2v) is 6.70. The summed E-state index contributed by atoms with van der Waals surface area (Å²) in [6.07, 6.45) is 2.37. The van der Waals surface area contributed by atoms with Crippen LogP contribution >= 0.6 is 0 Å². The van der Waals surface area contributed by atoms with Crippen molar-refractivity contribution in [1.29, 1.82) is 0 Å². The highest BCUT2D eigenvalue weighted by molar-refractivity contribution is 6.13. The second kappa shape index (κ2) is 9.28. The van der Waals surface area contributed by atoms with Gasteiger partial charge in [-0.1, -0.05) is 18.2 Å². The molecule has 0 spiro atoms. The lowest BCUT2D eigenvalue weighted by atomic mass is 9.97. The van der Waals surface area contributed by atoms with Crippen molar-refractivity contribution in [2.75, 3.05) is 26.9 Å². The molecule has 0 saturated heterocycles. The maximum atomic E-state index is 13.0. The lowest BCUT2D eigenvalue weighted by Crippen LogP contribution is -2.28. The molecule has 0 bridgehead atoms. The zero-order chi connectivity index (χ0) is 20.8. The largest absolute Gasteiger partial charge is 0.493 e. The van der Waals surface area contributed by atoms with E-state index in [0.717, 1.165) is 11.1 Å². The summed E-state index contributed by atoms with van der Waals surface area (Å²) in [5.74, 6) is 1.40. The van der Waals surface area contributed by atoms with E-state index in [2.05, 4.69) is 5.32 Å². The first-order valence-corrected chi connectivity index (χ1v) is 9.58. The second-order valence-electron chi connectivity index (χ2n) is 6.70. The van der Waals surface area contributed by atoms with Crippen LogP contribution in [-0.4, -0.2) is 38.6 Å². The van der Waals surface area contributed by atoms with Gasteiger partial charge in [0.2, 0.25) is 0 Å². The van der Waals surface area contributed by atoms with Crippen LogP contribution in [0.3, 0.4) is 0 Å². The number of amides is 1. The Hall–Kier alpha value is -3.28. The zero-order valence-corrected chi connectivity index (χ0v) is 16.9. The fraction of sp³-hybridized carbons (Fsp3) is 0.304. The number of carbonyl (C=O) groups excluding carboxylic acids is 2. The number of methoxy groups -OCH3 is 1. The minimum absolute atomic E-state index is 0.0308. The van der Waals surface area contributed by atoms with Crippen LogP contribution in [0.1, 0.15) is 34.8 Å². The molecule has 0 fully saturated rings. The third-order valence-electron chi connectivity index (χ3n) is 4.63. The van der Waals surface area contributed by atoms with E-state index in [0.29, 0.717) is 48.0 Å². The van der Waals surface area contributed by atoms with E-state index >= 15 is 0 Å². The molecule has 0 radical (unpaired) electrons. The summed E-state index contributed by atoms with van der Waals surface area (Å²) in [6, 6.07) is 10.9. The van der Waals surface area contributed by atoms with E-state index in [9.17, 15) is 9.59 Å². The van der Waals surface area contributed by atoms with Gasteiger partial charge in [-0.2, -0.15) is 0 Å². The molecule has 0 unspecified atom stereocenters. The lowest BCUT2D eigenvalue weighted by molar-refractivity contribution is -0.123. The molecule has 2 aromatic rings. The number of hydrogen-bond acceptors (Lipinski definition) is 5. The fourth-order valence-electron chi connectivity index (χ4n) is 3.20. The maximum Gasteiger partial charge on any atom is 0.257 e. The van der Waals surface area contributed by atoms with Gasteiger partial charge in [-0.15, -0.1) is 0 Å². The van der Waals surface area contributed by atoms with Crippen LogP contribution in [0.25, 0.3) is 6.08 Å². The first-order valence-electron chi connectivity index (χ1n) is 9.58. The standard InChI is InChI=1S/C23H25NO5/c1-4-24-21(25)14-29-19-9-8-16(13-20(19)27-3)12-17-10-11-28-23-15(2)6-5-7-18(23)22(17)26/h5-9,12-13H,4,10-11,14H2,1-3H3,(H,24,25). The Morgan fingerprint density at radius 1 is 1.24 bits per heavy atom. The number of ether oxygens (including phenoxy) is 3. The van der Waals surface area contributed by atoms with Crippen molar-refractivity contribution in [1.82, 2.24) is 5.32 Å². The van der Waals surface area contributed by atoms with Crippen LogP contribution in [0.5, 0.6) is 17.2 Å². The third-order valence-corrected chi connectivity index (χ3v) is 4.63. The Balaban J connectivity index is 1.84. The van der Waals surface area contributed by atoms with Gasteiger partial charge < -0.3 is 19.5 Å². The summed E-state index contributed by atoms with van der Waals surface area (Å²) in [5.41, 5.74) is 3.02. The average molecular weight is 395 g/mol. The van der Waals surface area contributed by atoms with Gasteiger partial charge in [0.15, 0.2) is 23.9 Å². The monoisotopic (exact) mass is 395 g/mol. The number of carbonyl (C=O) groups is 2. The highest BCUT2D eigenvalue weighted by Gasteiger charge is 2.22. The van der Waals surface area contributed by atoms with Gasteiger partial charge in [0, 0.05) is 18.5 Å². The quantitative estimate of drug-likeness (QED) is 0.757. The minimum Gasteiger partial charge on any atom is -0.493 e. The zero-order valence-electron chi connectivity index (χ0n) is 16.9. The van der Waals surface area contributed by atoms with Gasteiger partial charge in [-0.25, -0.2) is 0 Å². The molecule has 6 nitrogen and oxygen atoms in total. The van der Waals surface area contributed by atoms with Crippen LogP contribution in [0.15, 0.2) is 42.0 Å². The molecule has 0 atom stereocenters. The Labute approximate surface area is 170 Å². The Kier molecular flexibility index (Phi) is 6.54. The van der Waals surface area contributed by atoms with Crippen molar-refractivity contribution in [3.8, 4) is 17.2 Å². The van der Waals surface area contributed by atoms with Crippen molar-refractivity contribution < 1.29 is 23.8 Å². The third kappa shape index (κ3) is 4.77. The number of benzene rings is 2. The Morgan fingerprint density at radius 2 is 2.07 bits per heavy atom. The van der Waals surface area contributed by atoms with Crippen molar-refractivity contribution in [2.24, 2.45) is 0 Å². The van der Waals surface area contributed by atoms with Crippen molar-refractivity contribution in [2.45, 2.75) is 20.3 Å². The predicted octanol–water partition coefficient (Wildman–Crippen LogP) is 3.57. The number of rotatable bonds is 6. The van der Waals surface area contributed by atoms with Gasteiger partial charge in [0.25, 0.3) is 5.91 Å². The molecule has 1 heterocycles. The van der Waals surface area contributed by atoms with E-state index in [4.69, 9.17) is 14.2 Å². The average Bonchev–Trinajstić information content (AvgIpc) is 2.87. The predicted molar refractivity (Wildman–Crippen MR) is 111 cm³/mol. The van der Waals surface area contributed by atoms with Gasteiger partial charge in [-0.05, 0) is 49.2 Å². The van der Waals surface area contributed by atoms with Crippen molar-refractivity contribution >= 4 is 17.8 Å². The molecule has 0 aromatic heterocycles. The summed E-state index contributed by atoms with van der Waals surface area (Å²) in [6.45, 7) is 4.69. The molecule has 6 heteroatoms. The van der Waals surface area contributed by atoms with Crippen LogP contribution in [0.4, 0.5) is 0 Å². The topological polar surface area (TPSA) is 73.9 Å². The van der Waals surface area contributed by atoms with Crippen LogP contribution < -0.4 is 19.5 Å². The van der Waals surface area contributed by atoms with E-state index < -0.39 is 0 Å². The highest BCUT2D eigenvalue weighted by Crippen LogP contribution is 2.32. The van der Waals surface area contributed by atoms with Crippen molar-refractivity contribution in [3.63, 3.8) is 0 Å². The number of aryl methyl sites for hydroxylation is 1. The maximum absolute atomic E-state index is 13.0. The van der Waals surface area contributed by atoms with E-state index in [1.807, 2.05) is 38.1 Å². The molecular formula is C23H25NO5. The Bertz CT molecular complexity index is 948. The van der Waals surface area contributed by atoms with E-state index in [1.54, 1.807) is 18.2 Å². The molecular weight excluding hydrogens is 370 g/mol. The number of nitrogens with one attached hydrogen (secondary N) is 1. The number of para-hydroxylation sites is 1. The lowest BCUT2D eigenvalue weighted by Gasteiger charge is -2.11. The SMILES string of the molecule is CCNC(=O)COc1ccc(C=C2CCOc3c(C)cccc3C2=O)cc1OC. The number of fused-ring (bicyclic) bond motifs is 1. The molecule has 1 amide bonds. The van der Waals surface area contributed by atoms with Gasteiger partial charge in [0.1, 0.15) is 5.75 Å². The first kappa shape index (κ1) is 20.5. The van der Waals surface area contributed by atoms with E-state index in [-0.39, 0.29) is 18.3 Å². The molecule has 0 aliphatic carbocycles. The summed E-state index contributed by atoms with van der Waals surface area (Å²) < 4.78 is 16.8. The van der Waals surface area contributed by atoms with Crippen molar-refractivity contribution in [3.05, 3.63) is 58.7 Å². The smallest absolute Gasteiger partial charge is 0.257 e. The minimum atomic E-state index is -0.196. The molecule has 1 aliphatic heterocycles. The number of ketones is 1. The van der Waals surface area contributed by atoms with Gasteiger partial charge in [-0.3, -0.25) is 9.59 Å². The molecule has 1 aliphatic rings. The number of hydrogen-bond donors (Lipinski definition) is 1. The van der Waals surface area contributed by atoms with Gasteiger partial charge >= 0.3 is 0 Å². The Morgan fingerprint density at radius 3 is 2.83 bits per heavy atom. The molecule has 1 N–H and O–H groups in total. The molecule has 0 saturated carbocycles. The normalized spacial score (nSPS) is 14.6. The number of Topliss-reactive ketones (excluding diaryl/α,β-unsaturated/α-hetero) is 1. The molecule has 29 heavy (non-hydrogen) atoms. The molecule has 2 aromatic carbocycles. The van der Waals surface area contributed by atoms with Crippen LogP contribution in [0, 0.1) is 6.92 Å². The first-order chi connectivity index (χ1) is 14.0. The van der Waals surface area contributed by atoms with Crippen LogP contribution in [-0.2, 0) is 4.79 Å². The van der Waals surface area contributed by atoms with Crippen LogP contribution in [0.2, 0.25) is 0 Å². The van der Waals surface area contributed by atoms with Gasteiger partial charge in [0.05, 0.1) is 19.3 Å². The number of likely N-dealkylation sites (N-methyl/N-ethyl adjacent to an activating group) is 1. The summed E-state index contributed by atoms with van der Waals surface area (Å²) in [7, 11) is 1.54. The highest BCUT2D eigenvalue weighted by atomic mass is 16.5. The fourth-order valence-corrected chi connectivity index (χ4v) is 3.20. The molecule has 152 valence electrons.